The number of pyridine rings is 1. The molecule has 0 N–H and O–H groups in total. The first-order valence-corrected chi connectivity index (χ1v) is 11.6. The van der Waals surface area contributed by atoms with Crippen LogP contribution in [-0.4, -0.2) is 37.1 Å². The zero-order chi connectivity index (χ0) is 21.0. The molecule has 1 aromatic heterocycles. The van der Waals surface area contributed by atoms with Crippen molar-refractivity contribution in [1.29, 1.82) is 5.26 Å². The fraction of sp³-hybridized carbons (Fsp3) is 0.250. The lowest BCUT2D eigenvalue weighted by atomic mass is 10.1. The molecule has 1 saturated heterocycles. The van der Waals surface area contributed by atoms with Gasteiger partial charge in [0.2, 0.25) is 0 Å². The Morgan fingerprint density at radius 2 is 1.77 bits per heavy atom. The first-order chi connectivity index (χ1) is 14.5. The fourth-order valence-electron chi connectivity index (χ4n) is 3.96. The van der Waals surface area contributed by atoms with E-state index in [2.05, 4.69) is 34.1 Å². The Labute approximate surface area is 177 Å². The Kier molecular flexibility index (Phi) is 5.93. The number of nitrogens with zero attached hydrogens (tertiary/aromatic N) is 3. The first kappa shape index (κ1) is 20.3. The highest BCUT2D eigenvalue weighted by Crippen LogP contribution is 2.25. The van der Waals surface area contributed by atoms with Crippen molar-refractivity contribution in [3.8, 4) is 17.2 Å². The third-order valence-corrected chi connectivity index (χ3v) is 7.40. The van der Waals surface area contributed by atoms with Crippen LogP contribution in [0.15, 0.2) is 78.0 Å². The molecular weight excluding hydrogens is 394 g/mol. The van der Waals surface area contributed by atoms with Crippen LogP contribution in [0.2, 0.25) is 0 Å². The van der Waals surface area contributed by atoms with Crippen LogP contribution in [0.1, 0.15) is 17.5 Å². The maximum absolute atomic E-state index is 12.8. The summed E-state index contributed by atoms with van der Waals surface area (Å²) >= 11 is 0. The summed E-state index contributed by atoms with van der Waals surface area (Å²) in [6.07, 6.45) is 4.45. The molecule has 1 fully saturated rings. The van der Waals surface area contributed by atoms with Crippen LogP contribution >= 0.6 is 0 Å². The van der Waals surface area contributed by atoms with Gasteiger partial charge >= 0.3 is 0 Å². The van der Waals surface area contributed by atoms with E-state index in [1.165, 1.54) is 11.6 Å². The molecule has 3 aromatic rings. The summed E-state index contributed by atoms with van der Waals surface area (Å²) in [5.41, 5.74) is 3.90. The lowest BCUT2D eigenvalue weighted by Gasteiger charge is -2.16. The maximum Gasteiger partial charge on any atom is 0.178 e. The molecule has 1 atom stereocenters. The van der Waals surface area contributed by atoms with Crippen molar-refractivity contribution in [2.24, 2.45) is 5.92 Å². The van der Waals surface area contributed by atoms with E-state index < -0.39 is 9.84 Å². The lowest BCUT2D eigenvalue weighted by Crippen LogP contribution is -2.23. The summed E-state index contributed by atoms with van der Waals surface area (Å²) in [5.74, 6) is 0.233. The van der Waals surface area contributed by atoms with Crippen molar-refractivity contribution in [3.63, 3.8) is 0 Å². The summed E-state index contributed by atoms with van der Waals surface area (Å²) in [4.78, 5) is 6.61. The number of sulfone groups is 1. The number of hydrogen-bond acceptors (Lipinski definition) is 5. The highest BCUT2D eigenvalue weighted by molar-refractivity contribution is 7.91. The minimum atomic E-state index is -3.39. The van der Waals surface area contributed by atoms with Gasteiger partial charge in [0, 0.05) is 25.5 Å². The minimum absolute atomic E-state index is 0.108. The third-order valence-electron chi connectivity index (χ3n) is 5.52. The topological polar surface area (TPSA) is 74.1 Å². The van der Waals surface area contributed by atoms with Gasteiger partial charge < -0.3 is 0 Å². The Hall–Kier alpha value is -3.01. The van der Waals surface area contributed by atoms with Crippen molar-refractivity contribution in [1.82, 2.24) is 9.88 Å². The van der Waals surface area contributed by atoms with E-state index in [9.17, 15) is 8.42 Å². The van der Waals surface area contributed by atoms with Crippen molar-refractivity contribution in [2.45, 2.75) is 17.9 Å². The van der Waals surface area contributed by atoms with Crippen molar-refractivity contribution in [3.05, 3.63) is 84.2 Å². The minimum Gasteiger partial charge on any atom is -0.299 e. The van der Waals surface area contributed by atoms with E-state index in [0.717, 1.165) is 37.2 Å². The smallest absolute Gasteiger partial charge is 0.178 e. The third kappa shape index (κ3) is 4.76. The number of hydrogen-bond donors (Lipinski definition) is 0. The van der Waals surface area contributed by atoms with Gasteiger partial charge in [0.25, 0.3) is 0 Å². The number of benzene rings is 2. The summed E-state index contributed by atoms with van der Waals surface area (Å²) in [6, 6.07) is 20.8. The van der Waals surface area contributed by atoms with Gasteiger partial charge in [-0.1, -0.05) is 30.3 Å². The normalized spacial score (nSPS) is 17.0. The number of aromatic nitrogens is 1. The summed E-state index contributed by atoms with van der Waals surface area (Å²) in [5, 5.41) is 9.01. The molecule has 30 heavy (non-hydrogen) atoms. The fourth-order valence-corrected chi connectivity index (χ4v) is 5.64. The van der Waals surface area contributed by atoms with Crippen LogP contribution in [0.3, 0.4) is 0 Å². The van der Waals surface area contributed by atoms with Crippen molar-refractivity contribution in [2.75, 3.05) is 18.8 Å². The number of rotatable bonds is 6. The van der Waals surface area contributed by atoms with Crippen molar-refractivity contribution >= 4 is 9.84 Å². The highest BCUT2D eigenvalue weighted by Gasteiger charge is 2.28. The Morgan fingerprint density at radius 3 is 2.50 bits per heavy atom. The van der Waals surface area contributed by atoms with Crippen LogP contribution in [-0.2, 0) is 16.4 Å². The molecule has 0 radical (unpaired) electrons. The van der Waals surface area contributed by atoms with E-state index in [-0.39, 0.29) is 16.6 Å². The van der Waals surface area contributed by atoms with Gasteiger partial charge in [0.15, 0.2) is 9.84 Å². The van der Waals surface area contributed by atoms with Gasteiger partial charge in [-0.05, 0) is 65.9 Å². The molecule has 0 amide bonds. The van der Waals surface area contributed by atoms with Crippen LogP contribution in [0.4, 0.5) is 0 Å². The van der Waals surface area contributed by atoms with Crippen LogP contribution in [0.5, 0.6) is 0 Å². The molecule has 0 unspecified atom stereocenters. The van der Waals surface area contributed by atoms with Gasteiger partial charge in [0.1, 0.15) is 0 Å². The second-order valence-electron chi connectivity index (χ2n) is 7.74. The molecule has 0 aliphatic carbocycles. The van der Waals surface area contributed by atoms with E-state index in [1.807, 2.05) is 18.2 Å². The zero-order valence-corrected chi connectivity index (χ0v) is 17.4. The molecule has 0 bridgehead atoms. The molecule has 152 valence electrons. The second kappa shape index (κ2) is 8.78. The average molecular weight is 418 g/mol. The zero-order valence-electron chi connectivity index (χ0n) is 16.6. The lowest BCUT2D eigenvalue weighted by molar-refractivity contribution is 0.320. The van der Waals surface area contributed by atoms with Crippen LogP contribution in [0.25, 0.3) is 11.1 Å². The largest absolute Gasteiger partial charge is 0.299 e. The molecular formula is C24H23N3O2S. The second-order valence-corrected chi connectivity index (χ2v) is 9.78. The molecule has 0 spiro atoms. The molecule has 6 heteroatoms. The Bertz CT molecular complexity index is 1150. The standard InChI is InChI=1S/C24H23N3O2S/c25-15-20-2-1-3-24(14-20)30(28,29)18-21-10-13-27(17-21)16-19-4-6-22(7-5-19)23-8-11-26-12-9-23/h1-9,11-12,14,21H,10,13,16-18H2/t21-/m1/s1. The van der Waals surface area contributed by atoms with Gasteiger partial charge in [0.05, 0.1) is 22.3 Å². The average Bonchev–Trinajstić information content (AvgIpc) is 3.21. The predicted molar refractivity (Wildman–Crippen MR) is 116 cm³/mol. The molecule has 2 aromatic carbocycles. The number of likely N-dealkylation sites (tertiary alicyclic amines) is 1. The molecule has 2 heterocycles. The highest BCUT2D eigenvalue weighted by atomic mass is 32.2. The van der Waals surface area contributed by atoms with Crippen molar-refractivity contribution < 1.29 is 8.42 Å². The quantitative estimate of drug-likeness (QED) is 0.608. The monoisotopic (exact) mass is 417 g/mol. The maximum atomic E-state index is 12.8. The van der Waals surface area contributed by atoms with E-state index in [1.54, 1.807) is 30.6 Å². The predicted octanol–water partition coefficient (Wildman–Crippen LogP) is 3.92. The molecule has 5 nitrogen and oxygen atoms in total. The van der Waals surface area contributed by atoms with E-state index in [4.69, 9.17) is 5.26 Å². The molecule has 4 rings (SSSR count). The van der Waals surface area contributed by atoms with E-state index >= 15 is 0 Å². The van der Waals surface area contributed by atoms with Crippen LogP contribution < -0.4 is 0 Å². The molecule has 1 aliphatic rings. The van der Waals surface area contributed by atoms with Gasteiger partial charge in [-0.25, -0.2) is 8.42 Å². The number of nitriles is 1. The molecule has 0 saturated carbocycles. The van der Waals surface area contributed by atoms with Gasteiger partial charge in [-0.15, -0.1) is 0 Å². The Balaban J connectivity index is 1.36. The summed E-state index contributed by atoms with van der Waals surface area (Å²) in [6.45, 7) is 2.48. The SMILES string of the molecule is N#Cc1cccc(S(=O)(=O)C[C@@H]2CCN(Cc3ccc(-c4ccncc4)cc3)C2)c1. The molecule has 1 aliphatic heterocycles. The van der Waals surface area contributed by atoms with E-state index in [0.29, 0.717) is 5.56 Å². The van der Waals surface area contributed by atoms with Crippen LogP contribution in [0, 0.1) is 17.2 Å². The van der Waals surface area contributed by atoms with Gasteiger partial charge in [-0.2, -0.15) is 5.26 Å². The Morgan fingerprint density at radius 1 is 1.03 bits per heavy atom. The first-order valence-electron chi connectivity index (χ1n) is 9.98. The summed E-state index contributed by atoms with van der Waals surface area (Å²) in [7, 11) is -3.39. The van der Waals surface area contributed by atoms with Gasteiger partial charge in [-0.3, -0.25) is 9.88 Å². The summed E-state index contributed by atoms with van der Waals surface area (Å²) < 4.78 is 25.5.